The Morgan fingerprint density at radius 1 is 1.18 bits per heavy atom. The molecule has 0 saturated carbocycles. The lowest BCUT2D eigenvalue weighted by molar-refractivity contribution is 0.464. The van der Waals surface area contributed by atoms with E-state index in [0.717, 1.165) is 18.2 Å². The van der Waals surface area contributed by atoms with Crippen molar-refractivity contribution in [2.75, 3.05) is 11.5 Å². The Morgan fingerprint density at radius 3 is 2.29 bits per heavy atom. The van der Waals surface area contributed by atoms with Crippen molar-refractivity contribution in [1.82, 2.24) is 5.32 Å². The lowest BCUT2D eigenvalue weighted by Crippen LogP contribution is -2.45. The Morgan fingerprint density at radius 2 is 1.76 bits per heavy atom. The molecule has 1 aliphatic rings. The molecule has 0 aromatic heterocycles. The van der Waals surface area contributed by atoms with Crippen molar-refractivity contribution in [3.63, 3.8) is 0 Å². The van der Waals surface area contributed by atoms with Gasteiger partial charge in [0, 0.05) is 18.2 Å². The largest absolute Gasteiger partial charge is 0.306 e. The molecular formula is C11H13F2NO2S. The third kappa shape index (κ3) is 3.01. The van der Waals surface area contributed by atoms with Gasteiger partial charge in [-0.2, -0.15) is 0 Å². The summed E-state index contributed by atoms with van der Waals surface area (Å²) in [6, 6.07) is 2.33. The van der Waals surface area contributed by atoms with Gasteiger partial charge in [0.25, 0.3) is 0 Å². The van der Waals surface area contributed by atoms with Crippen molar-refractivity contribution in [3.8, 4) is 0 Å². The summed E-state index contributed by atoms with van der Waals surface area (Å²) in [6.45, 7) is 1.74. The standard InChI is InChI=1S/C11H13F2NO2S/c1-7-5-17(15,16)6-11(14-7)8-2-9(12)4-10(13)3-8/h2-4,7,11,14H,5-6H2,1H3. The second kappa shape index (κ2) is 4.34. The van der Waals surface area contributed by atoms with E-state index in [4.69, 9.17) is 0 Å². The average molecular weight is 261 g/mol. The fourth-order valence-electron chi connectivity index (χ4n) is 2.11. The quantitative estimate of drug-likeness (QED) is 0.831. The van der Waals surface area contributed by atoms with E-state index < -0.39 is 27.5 Å². The van der Waals surface area contributed by atoms with Crippen LogP contribution in [0.4, 0.5) is 8.78 Å². The third-order valence-electron chi connectivity index (χ3n) is 2.70. The van der Waals surface area contributed by atoms with Crippen LogP contribution in [0.3, 0.4) is 0 Å². The third-order valence-corrected chi connectivity index (χ3v) is 4.55. The summed E-state index contributed by atoms with van der Waals surface area (Å²) in [6.07, 6.45) is 0. The van der Waals surface area contributed by atoms with Gasteiger partial charge in [0.05, 0.1) is 11.5 Å². The van der Waals surface area contributed by atoms with Crippen LogP contribution in [0, 0.1) is 11.6 Å². The molecule has 0 radical (unpaired) electrons. The summed E-state index contributed by atoms with van der Waals surface area (Å²) in [4.78, 5) is 0. The maximum Gasteiger partial charge on any atom is 0.153 e. The molecule has 1 fully saturated rings. The first kappa shape index (κ1) is 12.4. The van der Waals surface area contributed by atoms with Gasteiger partial charge >= 0.3 is 0 Å². The predicted molar refractivity (Wildman–Crippen MR) is 60.4 cm³/mol. The van der Waals surface area contributed by atoms with E-state index in [2.05, 4.69) is 5.32 Å². The van der Waals surface area contributed by atoms with Gasteiger partial charge in [-0.3, -0.25) is 0 Å². The van der Waals surface area contributed by atoms with Crippen molar-refractivity contribution < 1.29 is 17.2 Å². The van der Waals surface area contributed by atoms with Crippen LogP contribution in [0.5, 0.6) is 0 Å². The molecule has 1 heterocycles. The van der Waals surface area contributed by atoms with Crippen LogP contribution >= 0.6 is 0 Å². The van der Waals surface area contributed by atoms with E-state index >= 15 is 0 Å². The maximum absolute atomic E-state index is 13.1. The van der Waals surface area contributed by atoms with Crippen LogP contribution in [-0.2, 0) is 9.84 Å². The SMILES string of the molecule is CC1CS(=O)(=O)CC(c2cc(F)cc(F)c2)N1. The number of nitrogens with one attached hydrogen (secondary N) is 1. The van der Waals surface area contributed by atoms with Gasteiger partial charge in [0.1, 0.15) is 11.6 Å². The first-order valence-electron chi connectivity index (χ1n) is 5.28. The summed E-state index contributed by atoms with van der Waals surface area (Å²) >= 11 is 0. The maximum atomic E-state index is 13.1. The Kier molecular flexibility index (Phi) is 3.18. The molecule has 3 nitrogen and oxygen atoms in total. The molecule has 0 amide bonds. The van der Waals surface area contributed by atoms with E-state index in [1.165, 1.54) is 0 Å². The van der Waals surface area contributed by atoms with Crippen LogP contribution in [0.2, 0.25) is 0 Å². The van der Waals surface area contributed by atoms with Crippen LogP contribution in [0.25, 0.3) is 0 Å². The molecule has 2 rings (SSSR count). The molecule has 0 bridgehead atoms. The van der Waals surface area contributed by atoms with Crippen molar-refractivity contribution in [3.05, 3.63) is 35.4 Å². The molecule has 17 heavy (non-hydrogen) atoms. The van der Waals surface area contributed by atoms with Gasteiger partial charge in [-0.1, -0.05) is 0 Å². The zero-order chi connectivity index (χ0) is 12.6. The molecule has 1 aromatic carbocycles. The number of halogens is 2. The highest BCUT2D eigenvalue weighted by atomic mass is 32.2. The van der Waals surface area contributed by atoms with Gasteiger partial charge in [-0.25, -0.2) is 17.2 Å². The minimum absolute atomic E-state index is 0.0568. The minimum Gasteiger partial charge on any atom is -0.306 e. The zero-order valence-electron chi connectivity index (χ0n) is 9.28. The first-order valence-corrected chi connectivity index (χ1v) is 7.10. The van der Waals surface area contributed by atoms with E-state index in [9.17, 15) is 17.2 Å². The average Bonchev–Trinajstić information content (AvgIpc) is 2.12. The fourth-order valence-corrected chi connectivity index (χ4v) is 3.90. The fraction of sp³-hybridized carbons (Fsp3) is 0.455. The predicted octanol–water partition coefficient (Wildman–Crippen LogP) is 1.41. The van der Waals surface area contributed by atoms with Crippen LogP contribution in [0.15, 0.2) is 18.2 Å². The van der Waals surface area contributed by atoms with Gasteiger partial charge < -0.3 is 5.32 Å². The van der Waals surface area contributed by atoms with Gasteiger partial charge in [-0.15, -0.1) is 0 Å². The van der Waals surface area contributed by atoms with Crippen molar-refractivity contribution in [2.24, 2.45) is 0 Å². The second-order valence-corrected chi connectivity index (χ2v) is 6.55. The highest BCUT2D eigenvalue weighted by molar-refractivity contribution is 7.91. The number of benzene rings is 1. The van der Waals surface area contributed by atoms with Gasteiger partial charge in [0.2, 0.25) is 0 Å². The minimum atomic E-state index is -3.16. The summed E-state index contributed by atoms with van der Waals surface area (Å²) < 4.78 is 49.3. The van der Waals surface area contributed by atoms with Crippen molar-refractivity contribution in [2.45, 2.75) is 19.0 Å². The summed E-state index contributed by atoms with van der Waals surface area (Å²) in [7, 11) is -3.16. The molecule has 1 N–H and O–H groups in total. The summed E-state index contributed by atoms with van der Waals surface area (Å²) in [5.74, 6) is -1.46. The first-order chi connectivity index (χ1) is 7.85. The molecule has 0 aliphatic carbocycles. The molecule has 2 atom stereocenters. The molecule has 0 spiro atoms. The molecule has 6 heteroatoms. The molecule has 1 saturated heterocycles. The lowest BCUT2D eigenvalue weighted by Gasteiger charge is -2.29. The van der Waals surface area contributed by atoms with E-state index in [-0.39, 0.29) is 17.5 Å². The van der Waals surface area contributed by atoms with Crippen LogP contribution in [0.1, 0.15) is 18.5 Å². The van der Waals surface area contributed by atoms with E-state index in [0.29, 0.717) is 5.56 Å². The second-order valence-electron chi connectivity index (χ2n) is 4.40. The van der Waals surface area contributed by atoms with Gasteiger partial charge in [-0.05, 0) is 24.6 Å². The molecule has 1 aliphatic heterocycles. The van der Waals surface area contributed by atoms with Crippen molar-refractivity contribution in [1.29, 1.82) is 0 Å². The Labute approximate surface area is 98.8 Å². The Bertz CT molecular complexity index is 510. The van der Waals surface area contributed by atoms with Gasteiger partial charge in [0.15, 0.2) is 9.84 Å². The van der Waals surface area contributed by atoms with E-state index in [1.807, 2.05) is 0 Å². The highest BCUT2D eigenvalue weighted by Crippen LogP contribution is 2.22. The molecule has 1 aromatic rings. The smallest absolute Gasteiger partial charge is 0.153 e. The monoisotopic (exact) mass is 261 g/mol. The summed E-state index contributed by atoms with van der Waals surface area (Å²) in [5, 5.41) is 3.03. The Hall–Kier alpha value is -1.01. The Balaban J connectivity index is 2.33. The zero-order valence-corrected chi connectivity index (χ0v) is 10.1. The molecular weight excluding hydrogens is 248 g/mol. The molecule has 2 unspecified atom stereocenters. The number of hydrogen-bond acceptors (Lipinski definition) is 3. The van der Waals surface area contributed by atoms with Crippen molar-refractivity contribution >= 4 is 9.84 Å². The van der Waals surface area contributed by atoms with Crippen LogP contribution < -0.4 is 5.32 Å². The van der Waals surface area contributed by atoms with E-state index in [1.54, 1.807) is 6.92 Å². The topological polar surface area (TPSA) is 46.2 Å². The van der Waals surface area contributed by atoms with Crippen LogP contribution in [-0.4, -0.2) is 26.0 Å². The lowest BCUT2D eigenvalue weighted by atomic mass is 10.1. The molecule has 94 valence electrons. The highest BCUT2D eigenvalue weighted by Gasteiger charge is 2.30. The number of hydrogen-bond donors (Lipinski definition) is 1. The number of rotatable bonds is 1. The summed E-state index contributed by atoms with van der Waals surface area (Å²) in [5.41, 5.74) is 0.331. The number of sulfone groups is 1. The normalized spacial score (nSPS) is 27.9.